The molecule has 0 radical (unpaired) electrons. The Morgan fingerprint density at radius 2 is 2.25 bits per heavy atom. The number of benzene rings is 1. The lowest BCUT2D eigenvalue weighted by Gasteiger charge is -2.04. The summed E-state index contributed by atoms with van der Waals surface area (Å²) in [7, 11) is 0. The van der Waals surface area contributed by atoms with E-state index in [0.717, 1.165) is 0 Å². The lowest BCUT2D eigenvalue weighted by molar-refractivity contribution is -0.384. The summed E-state index contributed by atoms with van der Waals surface area (Å²) >= 11 is 5.77. The molecule has 0 unspecified atom stereocenters. The molecule has 0 spiro atoms. The molecule has 1 N–H and O–H groups in total. The van der Waals surface area contributed by atoms with Crippen LogP contribution in [-0.2, 0) is 4.79 Å². The van der Waals surface area contributed by atoms with E-state index in [0.29, 0.717) is 5.69 Å². The normalized spacial score (nSPS) is 10.4. The number of nitrogens with one attached hydrogen (secondary N) is 1. The largest absolute Gasteiger partial charge is 0.321 e. The van der Waals surface area contributed by atoms with Crippen molar-refractivity contribution in [2.75, 3.05) is 5.32 Å². The van der Waals surface area contributed by atoms with Crippen LogP contribution in [0.4, 0.5) is 11.4 Å². The molecule has 0 aliphatic rings. The fraction of sp³-hybridized carbons (Fsp3) is 0.100. The number of non-ortho nitro benzene ring substituents is 1. The Morgan fingerprint density at radius 3 is 2.75 bits per heavy atom. The van der Waals surface area contributed by atoms with Crippen LogP contribution in [0, 0.1) is 10.1 Å². The van der Waals surface area contributed by atoms with Crippen LogP contribution in [0.15, 0.2) is 30.4 Å². The van der Waals surface area contributed by atoms with E-state index in [9.17, 15) is 14.9 Å². The first-order valence-corrected chi connectivity index (χ1v) is 4.80. The summed E-state index contributed by atoms with van der Waals surface area (Å²) in [5.41, 5.74) is 0.226. The highest BCUT2D eigenvalue weighted by atomic mass is 35.5. The van der Waals surface area contributed by atoms with Gasteiger partial charge in [0.15, 0.2) is 0 Å². The second kappa shape index (κ2) is 5.27. The number of amides is 1. The smallest absolute Gasteiger partial charge is 0.271 e. The highest BCUT2D eigenvalue weighted by Gasteiger charge is 2.10. The number of nitrogens with zero attached hydrogens (tertiary/aromatic N) is 1. The van der Waals surface area contributed by atoms with Gasteiger partial charge < -0.3 is 5.32 Å². The molecule has 0 saturated heterocycles. The second-order valence-electron chi connectivity index (χ2n) is 2.91. The first-order chi connectivity index (χ1) is 7.54. The van der Waals surface area contributed by atoms with Crippen LogP contribution in [0.2, 0.25) is 5.02 Å². The second-order valence-corrected chi connectivity index (χ2v) is 3.32. The van der Waals surface area contributed by atoms with E-state index >= 15 is 0 Å². The molecule has 1 aromatic rings. The number of carbonyl (C=O) groups excluding carboxylic acids is 1. The number of anilines is 1. The van der Waals surface area contributed by atoms with Gasteiger partial charge in [0.25, 0.3) is 5.69 Å². The molecule has 1 amide bonds. The molecule has 1 aromatic carbocycles. The highest BCUT2D eigenvalue weighted by molar-refractivity contribution is 6.34. The maximum absolute atomic E-state index is 11.2. The lowest BCUT2D eigenvalue weighted by atomic mass is 10.3. The first kappa shape index (κ1) is 12.2. The molecular weight excluding hydrogens is 232 g/mol. The Kier molecular flexibility index (Phi) is 4.02. The topological polar surface area (TPSA) is 72.2 Å². The number of carbonyl (C=O) groups is 1. The maximum atomic E-state index is 11.2. The Morgan fingerprint density at radius 1 is 1.56 bits per heavy atom. The van der Waals surface area contributed by atoms with Gasteiger partial charge >= 0.3 is 0 Å². The van der Waals surface area contributed by atoms with Gasteiger partial charge in [-0.3, -0.25) is 14.9 Å². The fourth-order valence-corrected chi connectivity index (χ4v) is 1.27. The van der Waals surface area contributed by atoms with Gasteiger partial charge in [0.1, 0.15) is 0 Å². The van der Waals surface area contributed by atoms with E-state index in [1.54, 1.807) is 13.0 Å². The number of nitro groups is 1. The Bertz CT molecular complexity index is 457. The minimum absolute atomic E-state index is 0.117. The number of hydrogen-bond acceptors (Lipinski definition) is 3. The van der Waals surface area contributed by atoms with Gasteiger partial charge in [0, 0.05) is 12.1 Å². The zero-order valence-electron chi connectivity index (χ0n) is 8.44. The Hall–Kier alpha value is -1.88. The van der Waals surface area contributed by atoms with Crippen molar-refractivity contribution in [2.45, 2.75) is 6.92 Å². The first-order valence-electron chi connectivity index (χ1n) is 4.42. The number of allylic oxidation sites excluding steroid dienone is 1. The van der Waals surface area contributed by atoms with Gasteiger partial charge in [-0.1, -0.05) is 17.7 Å². The molecule has 0 aliphatic carbocycles. The summed E-state index contributed by atoms with van der Waals surface area (Å²) in [6, 6.07) is 3.85. The van der Waals surface area contributed by atoms with Gasteiger partial charge in [-0.05, 0) is 19.1 Å². The summed E-state index contributed by atoms with van der Waals surface area (Å²) in [5, 5.41) is 13.1. The lowest BCUT2D eigenvalue weighted by Crippen LogP contribution is -2.08. The third-order valence-corrected chi connectivity index (χ3v) is 2.05. The van der Waals surface area contributed by atoms with Crippen molar-refractivity contribution in [3.05, 3.63) is 45.5 Å². The number of hydrogen-bond donors (Lipinski definition) is 1. The summed E-state index contributed by atoms with van der Waals surface area (Å²) in [5.74, 6) is -0.335. The minimum Gasteiger partial charge on any atom is -0.321 e. The highest BCUT2D eigenvalue weighted by Crippen LogP contribution is 2.26. The molecule has 1 rings (SSSR count). The molecule has 0 fully saturated rings. The maximum Gasteiger partial charge on any atom is 0.271 e. The predicted octanol–water partition coefficient (Wildman–Crippen LogP) is 2.76. The van der Waals surface area contributed by atoms with Crippen molar-refractivity contribution in [1.82, 2.24) is 0 Å². The van der Waals surface area contributed by atoms with E-state index in [2.05, 4.69) is 5.32 Å². The molecule has 0 aromatic heterocycles. The number of halogens is 1. The average Bonchev–Trinajstić information content (AvgIpc) is 2.21. The zero-order chi connectivity index (χ0) is 12.1. The molecule has 0 atom stereocenters. The van der Waals surface area contributed by atoms with E-state index in [1.165, 1.54) is 24.3 Å². The minimum atomic E-state index is -0.552. The van der Waals surface area contributed by atoms with Crippen molar-refractivity contribution >= 4 is 28.9 Å². The van der Waals surface area contributed by atoms with Crippen LogP contribution >= 0.6 is 11.6 Å². The van der Waals surface area contributed by atoms with E-state index < -0.39 is 4.92 Å². The Balaban J connectivity index is 2.91. The van der Waals surface area contributed by atoms with Crippen LogP contribution in [0.5, 0.6) is 0 Å². The van der Waals surface area contributed by atoms with Crippen molar-refractivity contribution in [3.8, 4) is 0 Å². The van der Waals surface area contributed by atoms with Crippen LogP contribution in [0.1, 0.15) is 6.92 Å². The Labute approximate surface area is 96.9 Å². The summed E-state index contributed by atoms with van der Waals surface area (Å²) < 4.78 is 0. The zero-order valence-corrected chi connectivity index (χ0v) is 9.19. The molecule has 0 heterocycles. The summed E-state index contributed by atoms with van der Waals surface area (Å²) in [4.78, 5) is 21.1. The van der Waals surface area contributed by atoms with Crippen LogP contribution in [-0.4, -0.2) is 10.8 Å². The average molecular weight is 241 g/mol. The van der Waals surface area contributed by atoms with E-state index in [1.807, 2.05) is 0 Å². The van der Waals surface area contributed by atoms with Crippen molar-refractivity contribution < 1.29 is 9.72 Å². The van der Waals surface area contributed by atoms with Gasteiger partial charge in [-0.25, -0.2) is 0 Å². The van der Waals surface area contributed by atoms with Crippen molar-refractivity contribution in [2.24, 2.45) is 0 Å². The van der Waals surface area contributed by atoms with E-state index in [4.69, 9.17) is 11.6 Å². The molecule has 16 heavy (non-hydrogen) atoms. The quantitative estimate of drug-likeness (QED) is 0.502. The van der Waals surface area contributed by atoms with E-state index in [-0.39, 0.29) is 16.6 Å². The summed E-state index contributed by atoms with van der Waals surface area (Å²) in [6.45, 7) is 1.71. The van der Waals surface area contributed by atoms with Crippen molar-refractivity contribution in [3.63, 3.8) is 0 Å². The van der Waals surface area contributed by atoms with Gasteiger partial charge in [0.05, 0.1) is 15.6 Å². The SMILES string of the molecule is CC=CC(=O)Nc1ccc([N+](=O)[O-])cc1Cl. The summed E-state index contributed by atoms with van der Waals surface area (Å²) in [6.07, 6.45) is 2.91. The van der Waals surface area contributed by atoms with Crippen LogP contribution in [0.25, 0.3) is 0 Å². The van der Waals surface area contributed by atoms with Gasteiger partial charge in [0.2, 0.25) is 5.91 Å². The molecule has 0 saturated carbocycles. The predicted molar refractivity (Wildman–Crippen MR) is 61.6 cm³/mol. The fourth-order valence-electron chi connectivity index (χ4n) is 1.04. The molecule has 0 bridgehead atoms. The standard InChI is InChI=1S/C10H9ClN2O3/c1-2-3-10(14)12-9-5-4-7(13(15)16)6-8(9)11/h2-6H,1H3,(H,12,14). The third kappa shape index (κ3) is 3.06. The van der Waals surface area contributed by atoms with Gasteiger partial charge in [-0.15, -0.1) is 0 Å². The van der Waals surface area contributed by atoms with Crippen LogP contribution in [0.3, 0.4) is 0 Å². The molecule has 0 aliphatic heterocycles. The number of rotatable bonds is 3. The molecule has 6 heteroatoms. The molecule has 5 nitrogen and oxygen atoms in total. The molecule has 84 valence electrons. The van der Waals surface area contributed by atoms with Crippen molar-refractivity contribution in [1.29, 1.82) is 0 Å². The van der Waals surface area contributed by atoms with Gasteiger partial charge in [-0.2, -0.15) is 0 Å². The monoisotopic (exact) mass is 240 g/mol. The molecular formula is C10H9ClN2O3. The third-order valence-electron chi connectivity index (χ3n) is 1.74. The number of nitro benzene ring substituents is 1. The van der Waals surface area contributed by atoms with Crippen LogP contribution < -0.4 is 5.32 Å².